The van der Waals surface area contributed by atoms with E-state index in [-0.39, 0.29) is 0 Å². The lowest BCUT2D eigenvalue weighted by Crippen LogP contribution is -2.03. The normalized spacial score (nSPS) is 10.8. The van der Waals surface area contributed by atoms with Gasteiger partial charge in [-0.25, -0.2) is 0 Å². The Labute approximate surface area is 131 Å². The number of aryl methyl sites for hydroxylation is 2. The Balaban J connectivity index is 1.91. The van der Waals surface area contributed by atoms with Crippen LogP contribution in [0.5, 0.6) is 0 Å². The summed E-state index contributed by atoms with van der Waals surface area (Å²) in [5.74, 6) is 0. The van der Waals surface area contributed by atoms with Crippen LogP contribution >= 0.6 is 8.58 Å². The van der Waals surface area contributed by atoms with Crippen molar-refractivity contribution in [3.05, 3.63) is 59.7 Å². The van der Waals surface area contributed by atoms with Gasteiger partial charge in [-0.15, -0.1) is 0 Å². The second-order valence-electron chi connectivity index (χ2n) is 5.73. The molecule has 0 heterocycles. The summed E-state index contributed by atoms with van der Waals surface area (Å²) in [4.78, 5) is 0. The second kappa shape index (κ2) is 9.00. The van der Waals surface area contributed by atoms with Gasteiger partial charge in [0.15, 0.2) is 0 Å². The number of hydrogen-bond donors (Lipinski definition) is 0. The van der Waals surface area contributed by atoms with E-state index in [4.69, 9.17) is 0 Å². The molecule has 0 spiro atoms. The van der Waals surface area contributed by atoms with Gasteiger partial charge in [-0.2, -0.15) is 0 Å². The van der Waals surface area contributed by atoms with Gasteiger partial charge in [0.25, 0.3) is 0 Å². The summed E-state index contributed by atoms with van der Waals surface area (Å²) < 4.78 is 0. The van der Waals surface area contributed by atoms with Crippen LogP contribution < -0.4 is 10.6 Å². The van der Waals surface area contributed by atoms with Crippen molar-refractivity contribution in [3.8, 4) is 0 Å². The molecule has 2 aromatic carbocycles. The van der Waals surface area contributed by atoms with Gasteiger partial charge in [0, 0.05) is 0 Å². The van der Waals surface area contributed by atoms with Crippen LogP contribution in [0.3, 0.4) is 0 Å². The topological polar surface area (TPSA) is 0 Å². The monoisotopic (exact) mass is 298 g/mol. The van der Waals surface area contributed by atoms with E-state index in [1.807, 2.05) is 0 Å². The summed E-state index contributed by atoms with van der Waals surface area (Å²) in [6.07, 6.45) is 7.56. The van der Waals surface area contributed by atoms with Crippen LogP contribution in [0.15, 0.2) is 48.5 Å². The van der Waals surface area contributed by atoms with E-state index in [1.54, 1.807) is 0 Å². The van der Waals surface area contributed by atoms with Crippen molar-refractivity contribution in [2.24, 2.45) is 0 Å². The fourth-order valence-electron chi connectivity index (χ4n) is 2.44. The maximum Gasteiger partial charge on any atom is -0.0226 e. The van der Waals surface area contributed by atoms with Gasteiger partial charge >= 0.3 is 0 Å². The minimum absolute atomic E-state index is 0.774. The smallest absolute Gasteiger partial charge is 0.0226 e. The molecule has 0 nitrogen and oxygen atoms in total. The van der Waals surface area contributed by atoms with Crippen LogP contribution in [0.1, 0.15) is 50.7 Å². The maximum absolute atomic E-state index is 2.30. The highest BCUT2D eigenvalue weighted by Crippen LogP contribution is 2.14. The van der Waals surface area contributed by atoms with Crippen molar-refractivity contribution >= 4 is 19.2 Å². The molecule has 2 aromatic rings. The lowest BCUT2D eigenvalue weighted by atomic mass is 10.1. The fourth-order valence-corrected chi connectivity index (χ4v) is 3.44. The van der Waals surface area contributed by atoms with E-state index < -0.39 is 0 Å². The van der Waals surface area contributed by atoms with Crippen molar-refractivity contribution in [2.45, 2.75) is 52.4 Å². The first kappa shape index (κ1) is 16.2. The molecule has 2 rings (SSSR count). The zero-order valence-electron chi connectivity index (χ0n) is 13.4. The van der Waals surface area contributed by atoms with Crippen LogP contribution in [-0.4, -0.2) is 0 Å². The van der Waals surface area contributed by atoms with E-state index >= 15 is 0 Å². The minimum atomic E-state index is 0.774. The predicted molar refractivity (Wildman–Crippen MR) is 97.7 cm³/mol. The predicted octanol–water partition coefficient (Wildman–Crippen LogP) is 5.00. The van der Waals surface area contributed by atoms with Gasteiger partial charge in [0.1, 0.15) is 0 Å². The Morgan fingerprint density at radius 1 is 0.619 bits per heavy atom. The van der Waals surface area contributed by atoms with E-state index in [0.29, 0.717) is 0 Å². The largest absolute Gasteiger partial charge is 0.0654 e. The second-order valence-corrected chi connectivity index (χ2v) is 7.13. The molecule has 0 fully saturated rings. The zero-order chi connectivity index (χ0) is 14.9. The Morgan fingerprint density at radius 3 is 1.33 bits per heavy atom. The van der Waals surface area contributed by atoms with Crippen molar-refractivity contribution in [3.63, 3.8) is 0 Å². The Kier molecular flexibility index (Phi) is 6.96. The molecule has 0 aliphatic rings. The number of rotatable bonds is 8. The molecule has 112 valence electrons. The quantitative estimate of drug-likeness (QED) is 0.602. The molecule has 0 radical (unpaired) electrons. The maximum atomic E-state index is 2.30. The highest BCUT2D eigenvalue weighted by molar-refractivity contribution is 7.55. The van der Waals surface area contributed by atoms with E-state index in [1.165, 1.54) is 60.3 Å². The molecule has 0 saturated heterocycles. The summed E-state index contributed by atoms with van der Waals surface area (Å²) in [5.41, 5.74) is 2.95. The SMILES string of the molecule is CCCCc1ccc(Pc2ccc(CCCC)cc2)cc1. The van der Waals surface area contributed by atoms with Crippen molar-refractivity contribution in [2.75, 3.05) is 0 Å². The summed E-state index contributed by atoms with van der Waals surface area (Å²) in [6.45, 7) is 4.50. The van der Waals surface area contributed by atoms with Gasteiger partial charge in [-0.1, -0.05) is 83.8 Å². The van der Waals surface area contributed by atoms with Crippen LogP contribution in [0.2, 0.25) is 0 Å². The molecule has 1 heteroatoms. The van der Waals surface area contributed by atoms with Crippen LogP contribution in [0.25, 0.3) is 0 Å². The average molecular weight is 298 g/mol. The van der Waals surface area contributed by atoms with Crippen molar-refractivity contribution in [1.29, 1.82) is 0 Å². The lowest BCUT2D eigenvalue weighted by molar-refractivity contribution is 0.795. The van der Waals surface area contributed by atoms with Crippen molar-refractivity contribution < 1.29 is 0 Å². The summed E-state index contributed by atoms with van der Waals surface area (Å²) in [5, 5.41) is 2.88. The summed E-state index contributed by atoms with van der Waals surface area (Å²) in [7, 11) is 0.774. The average Bonchev–Trinajstić information content (AvgIpc) is 2.53. The molecule has 0 unspecified atom stereocenters. The minimum Gasteiger partial charge on any atom is -0.0654 e. The van der Waals surface area contributed by atoms with Gasteiger partial charge in [-0.3, -0.25) is 0 Å². The number of benzene rings is 2. The Hall–Kier alpha value is -1.13. The van der Waals surface area contributed by atoms with E-state index in [9.17, 15) is 0 Å². The van der Waals surface area contributed by atoms with E-state index in [0.717, 1.165) is 8.58 Å². The van der Waals surface area contributed by atoms with E-state index in [2.05, 4.69) is 62.4 Å². The fraction of sp³-hybridized carbons (Fsp3) is 0.400. The van der Waals surface area contributed by atoms with Gasteiger partial charge in [0.2, 0.25) is 0 Å². The highest BCUT2D eigenvalue weighted by atomic mass is 31.1. The Morgan fingerprint density at radius 2 is 1.00 bits per heavy atom. The highest BCUT2D eigenvalue weighted by Gasteiger charge is 1.99. The molecule has 0 aliphatic heterocycles. The molecular formula is C20H27P. The lowest BCUT2D eigenvalue weighted by Gasteiger charge is -2.06. The van der Waals surface area contributed by atoms with Crippen LogP contribution in [-0.2, 0) is 12.8 Å². The first-order valence-corrected chi connectivity index (χ1v) is 9.26. The van der Waals surface area contributed by atoms with Gasteiger partial charge < -0.3 is 0 Å². The van der Waals surface area contributed by atoms with Gasteiger partial charge in [-0.05, 0) is 47.4 Å². The first-order chi connectivity index (χ1) is 10.3. The zero-order valence-corrected chi connectivity index (χ0v) is 14.4. The third kappa shape index (κ3) is 5.64. The van der Waals surface area contributed by atoms with Gasteiger partial charge in [0.05, 0.1) is 0 Å². The standard InChI is InChI=1S/C20H27P/c1-3-5-7-17-9-13-19(14-10-17)21-20-15-11-18(12-16-20)8-6-4-2/h9-16,21H,3-8H2,1-2H3. The molecular weight excluding hydrogens is 271 g/mol. The molecule has 0 aliphatic carbocycles. The molecule has 0 saturated carbocycles. The molecule has 0 atom stereocenters. The molecule has 21 heavy (non-hydrogen) atoms. The number of hydrogen-bond acceptors (Lipinski definition) is 0. The molecule has 0 aromatic heterocycles. The summed E-state index contributed by atoms with van der Waals surface area (Å²) >= 11 is 0. The molecule has 0 amide bonds. The van der Waals surface area contributed by atoms with Crippen molar-refractivity contribution in [1.82, 2.24) is 0 Å². The first-order valence-electron chi connectivity index (χ1n) is 8.26. The number of unbranched alkanes of at least 4 members (excludes halogenated alkanes) is 2. The molecule has 0 bridgehead atoms. The molecule has 0 N–H and O–H groups in total. The Bertz CT molecular complexity index is 461. The third-order valence-electron chi connectivity index (χ3n) is 3.83. The summed E-state index contributed by atoms with van der Waals surface area (Å²) in [6, 6.07) is 18.4. The van der Waals surface area contributed by atoms with Crippen LogP contribution in [0.4, 0.5) is 0 Å². The van der Waals surface area contributed by atoms with Crippen LogP contribution in [0, 0.1) is 0 Å². The third-order valence-corrected chi connectivity index (χ3v) is 5.08.